The summed E-state index contributed by atoms with van der Waals surface area (Å²) in [6.45, 7) is 2.12. The standard InChI is InChI=1S/C23H27N9O2S/c1-2-8-35-23-26-21(25-15-9-13(15)12-6-4-3-5-7-12)17-22(27-23)32(11-24-17)16-10-14(18(33)19(16)34)20-28-30-31-29-20/h3-7,11,13-16,18-19,33-34H,2,8-10H2,1H3,(H,25,26,27)(H,28,29,30,31)/t13-,14-,15+,16+,18+,19-/m0/s1. The molecule has 2 fully saturated rings. The van der Waals surface area contributed by atoms with Crippen LogP contribution in [0.3, 0.4) is 0 Å². The molecule has 2 aliphatic rings. The summed E-state index contributed by atoms with van der Waals surface area (Å²) in [7, 11) is 0. The van der Waals surface area contributed by atoms with E-state index in [-0.39, 0.29) is 6.04 Å². The number of aliphatic hydroxyl groups excluding tert-OH is 2. The van der Waals surface area contributed by atoms with Gasteiger partial charge in [-0.1, -0.05) is 54.2 Å². The first-order valence-corrected chi connectivity index (χ1v) is 12.9. The van der Waals surface area contributed by atoms with Crippen LogP contribution in [0.4, 0.5) is 5.82 Å². The number of hydrogen-bond donors (Lipinski definition) is 4. The number of hydrogen-bond acceptors (Lipinski definition) is 10. The van der Waals surface area contributed by atoms with Crippen molar-refractivity contribution < 1.29 is 10.2 Å². The Labute approximate surface area is 205 Å². The summed E-state index contributed by atoms with van der Waals surface area (Å²) in [4.78, 5) is 14.2. The second-order valence-corrected chi connectivity index (χ2v) is 10.3. The van der Waals surface area contributed by atoms with Crippen LogP contribution in [0.15, 0.2) is 41.8 Å². The zero-order chi connectivity index (χ0) is 23.9. The van der Waals surface area contributed by atoms with Crippen molar-refractivity contribution in [3.63, 3.8) is 0 Å². The third kappa shape index (κ3) is 4.15. The summed E-state index contributed by atoms with van der Waals surface area (Å²) in [6, 6.07) is 10.3. The molecule has 6 atom stereocenters. The maximum Gasteiger partial charge on any atom is 0.191 e. The Bertz CT molecular complexity index is 1300. The van der Waals surface area contributed by atoms with Gasteiger partial charge in [-0.05, 0) is 24.8 Å². The Morgan fingerprint density at radius 2 is 1.97 bits per heavy atom. The normalized spacial score (nSPS) is 28.0. The number of aromatic amines is 1. The van der Waals surface area contributed by atoms with E-state index in [4.69, 9.17) is 9.97 Å². The van der Waals surface area contributed by atoms with Crippen molar-refractivity contribution in [1.82, 2.24) is 40.1 Å². The highest BCUT2D eigenvalue weighted by Gasteiger charge is 2.46. The summed E-state index contributed by atoms with van der Waals surface area (Å²) in [6.07, 6.45) is 2.14. The lowest BCUT2D eigenvalue weighted by Crippen LogP contribution is -2.29. The highest BCUT2D eigenvalue weighted by Crippen LogP contribution is 2.44. The van der Waals surface area contributed by atoms with E-state index in [1.807, 2.05) is 10.6 Å². The average molecular weight is 494 g/mol. The number of rotatable bonds is 8. The van der Waals surface area contributed by atoms with E-state index in [2.05, 4.69) is 62.1 Å². The molecule has 0 saturated heterocycles. The Morgan fingerprint density at radius 3 is 2.74 bits per heavy atom. The minimum absolute atomic E-state index is 0.284. The lowest BCUT2D eigenvalue weighted by molar-refractivity contribution is 0.0169. The van der Waals surface area contributed by atoms with E-state index in [0.29, 0.717) is 40.3 Å². The minimum Gasteiger partial charge on any atom is -0.390 e. The summed E-state index contributed by atoms with van der Waals surface area (Å²) in [5, 5.41) is 39.9. The lowest BCUT2D eigenvalue weighted by atomic mass is 10.1. The van der Waals surface area contributed by atoms with Gasteiger partial charge in [-0.15, -0.1) is 10.2 Å². The third-order valence-electron chi connectivity index (χ3n) is 6.88. The number of H-pyrrole nitrogens is 1. The molecule has 0 bridgehead atoms. The van der Waals surface area contributed by atoms with Gasteiger partial charge in [0.15, 0.2) is 28.0 Å². The van der Waals surface area contributed by atoms with Crippen LogP contribution in [0, 0.1) is 0 Å². The van der Waals surface area contributed by atoms with Crippen LogP contribution in [0.1, 0.15) is 55.5 Å². The summed E-state index contributed by atoms with van der Waals surface area (Å²) < 4.78 is 1.85. The molecule has 12 heteroatoms. The van der Waals surface area contributed by atoms with Crippen LogP contribution >= 0.6 is 11.8 Å². The molecule has 3 aromatic heterocycles. The predicted octanol–water partition coefficient (Wildman–Crippen LogP) is 2.26. The Kier molecular flexibility index (Phi) is 5.86. The predicted molar refractivity (Wildman–Crippen MR) is 130 cm³/mol. The third-order valence-corrected chi connectivity index (χ3v) is 7.93. The molecule has 4 N–H and O–H groups in total. The highest BCUT2D eigenvalue weighted by molar-refractivity contribution is 7.99. The molecule has 3 heterocycles. The molecule has 11 nitrogen and oxygen atoms in total. The lowest BCUT2D eigenvalue weighted by Gasteiger charge is -2.18. The minimum atomic E-state index is -1.01. The van der Waals surface area contributed by atoms with Crippen LogP contribution in [0.25, 0.3) is 11.2 Å². The Morgan fingerprint density at radius 1 is 1.11 bits per heavy atom. The first-order chi connectivity index (χ1) is 17.1. The molecular formula is C23H27N9O2S. The molecule has 2 saturated carbocycles. The number of anilines is 1. The average Bonchev–Trinajstić information content (AvgIpc) is 3.19. The molecule has 4 aromatic rings. The van der Waals surface area contributed by atoms with Crippen molar-refractivity contribution in [3.05, 3.63) is 48.0 Å². The molecule has 2 aliphatic carbocycles. The van der Waals surface area contributed by atoms with Gasteiger partial charge in [0.05, 0.1) is 24.4 Å². The molecular weight excluding hydrogens is 466 g/mol. The van der Waals surface area contributed by atoms with Gasteiger partial charge in [0.2, 0.25) is 0 Å². The second kappa shape index (κ2) is 9.17. The van der Waals surface area contributed by atoms with E-state index in [1.54, 1.807) is 18.1 Å². The number of aromatic nitrogens is 8. The van der Waals surface area contributed by atoms with Crippen LogP contribution < -0.4 is 5.32 Å². The van der Waals surface area contributed by atoms with Gasteiger partial charge in [0, 0.05) is 17.7 Å². The molecule has 0 spiro atoms. The van der Waals surface area contributed by atoms with E-state index in [1.165, 1.54) is 5.56 Å². The smallest absolute Gasteiger partial charge is 0.191 e. The Balaban J connectivity index is 1.32. The van der Waals surface area contributed by atoms with Crippen molar-refractivity contribution in [2.24, 2.45) is 0 Å². The molecule has 35 heavy (non-hydrogen) atoms. The van der Waals surface area contributed by atoms with Gasteiger partial charge in [0.25, 0.3) is 0 Å². The van der Waals surface area contributed by atoms with E-state index in [9.17, 15) is 10.2 Å². The zero-order valence-electron chi connectivity index (χ0n) is 19.2. The molecule has 0 amide bonds. The van der Waals surface area contributed by atoms with Gasteiger partial charge in [-0.2, -0.15) is 5.21 Å². The van der Waals surface area contributed by atoms with Crippen LogP contribution in [0.2, 0.25) is 0 Å². The van der Waals surface area contributed by atoms with Crippen LogP contribution in [-0.2, 0) is 0 Å². The number of aliphatic hydroxyl groups is 2. The first-order valence-electron chi connectivity index (χ1n) is 11.9. The fourth-order valence-electron chi connectivity index (χ4n) is 4.96. The van der Waals surface area contributed by atoms with Gasteiger partial charge >= 0.3 is 0 Å². The quantitative estimate of drug-likeness (QED) is 0.212. The van der Waals surface area contributed by atoms with E-state index >= 15 is 0 Å². The molecule has 0 unspecified atom stereocenters. The number of fused-ring (bicyclic) bond motifs is 1. The molecule has 0 radical (unpaired) electrons. The number of tetrazole rings is 1. The SMILES string of the molecule is CCCSc1nc(N[C@@H]2C[C@H]2c2ccccc2)c2ncn([C@@H]3C[C@H](c4nn[nH]n4)[C@@H](O)[C@H]3O)c2n1. The van der Waals surface area contributed by atoms with Crippen molar-refractivity contribution in [1.29, 1.82) is 0 Å². The largest absolute Gasteiger partial charge is 0.390 e. The topological polar surface area (TPSA) is 151 Å². The number of thioether (sulfide) groups is 1. The highest BCUT2D eigenvalue weighted by atomic mass is 32.2. The number of nitrogens with one attached hydrogen (secondary N) is 2. The van der Waals surface area contributed by atoms with Crippen LogP contribution in [-0.4, -0.2) is 74.4 Å². The molecule has 6 rings (SSSR count). The van der Waals surface area contributed by atoms with E-state index < -0.39 is 24.2 Å². The van der Waals surface area contributed by atoms with Crippen molar-refractivity contribution >= 4 is 28.7 Å². The van der Waals surface area contributed by atoms with Gasteiger partial charge in [-0.25, -0.2) is 15.0 Å². The summed E-state index contributed by atoms with van der Waals surface area (Å²) in [5.41, 5.74) is 2.62. The summed E-state index contributed by atoms with van der Waals surface area (Å²) >= 11 is 1.60. The fraction of sp³-hybridized carbons (Fsp3) is 0.478. The zero-order valence-corrected chi connectivity index (χ0v) is 20.0. The summed E-state index contributed by atoms with van der Waals surface area (Å²) in [5.74, 6) is 2.01. The number of benzene rings is 1. The maximum absolute atomic E-state index is 10.9. The monoisotopic (exact) mass is 493 g/mol. The Hall–Kier alpha value is -3.09. The van der Waals surface area contributed by atoms with E-state index in [0.717, 1.165) is 18.6 Å². The number of nitrogens with zero attached hydrogens (tertiary/aromatic N) is 7. The van der Waals surface area contributed by atoms with Gasteiger partial charge in [0.1, 0.15) is 6.10 Å². The number of imidazole rings is 1. The van der Waals surface area contributed by atoms with Crippen LogP contribution in [0.5, 0.6) is 0 Å². The van der Waals surface area contributed by atoms with Crippen molar-refractivity contribution in [2.45, 2.75) is 67.5 Å². The van der Waals surface area contributed by atoms with Gasteiger partial charge in [-0.3, -0.25) is 0 Å². The molecule has 1 aromatic carbocycles. The molecule has 182 valence electrons. The van der Waals surface area contributed by atoms with Crippen molar-refractivity contribution in [3.8, 4) is 0 Å². The van der Waals surface area contributed by atoms with Gasteiger partial charge < -0.3 is 20.1 Å². The fourth-order valence-corrected chi connectivity index (χ4v) is 5.66. The maximum atomic E-state index is 10.9. The molecule has 0 aliphatic heterocycles. The van der Waals surface area contributed by atoms with Crippen molar-refractivity contribution in [2.75, 3.05) is 11.1 Å². The first kappa shape index (κ1) is 22.4. The second-order valence-electron chi connectivity index (χ2n) is 9.19.